The second kappa shape index (κ2) is 7.51. The van der Waals surface area contributed by atoms with Crippen LogP contribution in [0.1, 0.15) is 36.9 Å². The van der Waals surface area contributed by atoms with Gasteiger partial charge in [-0.25, -0.2) is 9.78 Å². The maximum Gasteiger partial charge on any atom is 0.410 e. The molecule has 0 spiro atoms. The van der Waals surface area contributed by atoms with Crippen molar-refractivity contribution in [1.29, 1.82) is 0 Å². The van der Waals surface area contributed by atoms with E-state index in [2.05, 4.69) is 15.3 Å². The number of anilines is 1. The first-order valence-electron chi connectivity index (χ1n) is 9.60. The van der Waals surface area contributed by atoms with Crippen LogP contribution in [0.15, 0.2) is 30.5 Å². The second-order valence-electron chi connectivity index (χ2n) is 8.13. The molecule has 0 fully saturated rings. The molecule has 3 heterocycles. The number of nitrogens with zero attached hydrogens (tertiary/aromatic N) is 2. The monoisotopic (exact) mass is 412 g/mol. The number of fused-ring (bicyclic) bond motifs is 2. The highest BCUT2D eigenvalue weighted by atomic mass is 32.1. The minimum Gasteiger partial charge on any atom is -0.444 e. The smallest absolute Gasteiger partial charge is 0.410 e. The van der Waals surface area contributed by atoms with E-state index in [0.717, 1.165) is 27.0 Å². The molecule has 0 bridgehead atoms. The number of benzene rings is 1. The van der Waals surface area contributed by atoms with Gasteiger partial charge in [-0.15, -0.1) is 0 Å². The van der Waals surface area contributed by atoms with Gasteiger partial charge in [-0.2, -0.15) is 0 Å². The van der Waals surface area contributed by atoms with Crippen LogP contribution in [0.2, 0.25) is 0 Å². The van der Waals surface area contributed by atoms with E-state index in [0.29, 0.717) is 24.6 Å². The highest BCUT2D eigenvalue weighted by molar-refractivity contribution is 7.15. The number of para-hydroxylation sites is 1. The molecule has 3 aromatic rings. The van der Waals surface area contributed by atoms with Crippen molar-refractivity contribution in [3.8, 4) is 0 Å². The Balaban J connectivity index is 1.40. The Morgan fingerprint density at radius 2 is 2.10 bits per heavy atom. The zero-order chi connectivity index (χ0) is 20.6. The third kappa shape index (κ3) is 4.42. The maximum atomic E-state index is 12.5. The number of H-pyrrole nitrogens is 1. The molecule has 0 atom stereocenters. The van der Waals surface area contributed by atoms with E-state index in [1.54, 1.807) is 4.90 Å². The van der Waals surface area contributed by atoms with Gasteiger partial charge in [0.2, 0.25) is 5.91 Å². The number of nitrogens with one attached hydrogen (secondary N) is 2. The Morgan fingerprint density at radius 3 is 2.90 bits per heavy atom. The average molecular weight is 413 g/mol. The zero-order valence-electron chi connectivity index (χ0n) is 16.7. The molecule has 29 heavy (non-hydrogen) atoms. The van der Waals surface area contributed by atoms with Crippen LogP contribution < -0.4 is 5.32 Å². The van der Waals surface area contributed by atoms with E-state index < -0.39 is 5.60 Å². The van der Waals surface area contributed by atoms with Gasteiger partial charge in [0.15, 0.2) is 5.13 Å². The van der Waals surface area contributed by atoms with Crippen molar-refractivity contribution in [3.63, 3.8) is 0 Å². The molecule has 1 aliphatic rings. The lowest BCUT2D eigenvalue weighted by Gasteiger charge is -2.29. The molecule has 152 valence electrons. The van der Waals surface area contributed by atoms with Gasteiger partial charge >= 0.3 is 6.09 Å². The number of aromatic nitrogens is 2. The third-order valence-corrected chi connectivity index (χ3v) is 5.65. The van der Waals surface area contributed by atoms with Crippen molar-refractivity contribution in [3.05, 3.63) is 46.6 Å². The molecule has 0 unspecified atom stereocenters. The number of carbonyl (C=O) groups excluding carboxylic acids is 2. The quantitative estimate of drug-likeness (QED) is 0.678. The number of thiazole rings is 1. The molecule has 7 nitrogen and oxygen atoms in total. The summed E-state index contributed by atoms with van der Waals surface area (Å²) in [5, 5.41) is 4.53. The lowest BCUT2D eigenvalue weighted by atomic mass is 10.1. The van der Waals surface area contributed by atoms with E-state index in [1.807, 2.05) is 51.2 Å². The number of amides is 2. The van der Waals surface area contributed by atoms with Crippen LogP contribution in [0.5, 0.6) is 0 Å². The molecular weight excluding hydrogens is 388 g/mol. The molecule has 0 radical (unpaired) electrons. The highest BCUT2D eigenvalue weighted by Gasteiger charge is 2.28. The lowest BCUT2D eigenvalue weighted by Crippen LogP contribution is -2.39. The van der Waals surface area contributed by atoms with Gasteiger partial charge in [-0.3, -0.25) is 4.79 Å². The van der Waals surface area contributed by atoms with Gasteiger partial charge in [-0.1, -0.05) is 29.5 Å². The van der Waals surface area contributed by atoms with Gasteiger partial charge in [0, 0.05) is 34.9 Å². The second-order valence-corrected chi connectivity index (χ2v) is 9.21. The zero-order valence-corrected chi connectivity index (χ0v) is 17.6. The highest BCUT2D eigenvalue weighted by Crippen LogP contribution is 2.29. The van der Waals surface area contributed by atoms with Crippen molar-refractivity contribution in [2.75, 3.05) is 11.9 Å². The van der Waals surface area contributed by atoms with Crippen LogP contribution in [0.25, 0.3) is 10.9 Å². The fourth-order valence-corrected chi connectivity index (χ4v) is 4.39. The summed E-state index contributed by atoms with van der Waals surface area (Å²) in [5.41, 5.74) is 2.39. The third-order valence-electron chi connectivity index (χ3n) is 4.66. The maximum absolute atomic E-state index is 12.5. The van der Waals surface area contributed by atoms with Gasteiger partial charge in [0.25, 0.3) is 0 Å². The first kappa shape index (κ1) is 19.4. The number of hydrogen-bond donors (Lipinski definition) is 2. The Kier molecular flexibility index (Phi) is 5.04. The molecular formula is C21H24N4O3S. The van der Waals surface area contributed by atoms with Crippen molar-refractivity contribution in [2.45, 2.75) is 45.8 Å². The molecule has 2 aromatic heterocycles. The van der Waals surface area contributed by atoms with Crippen LogP contribution >= 0.6 is 11.3 Å². The summed E-state index contributed by atoms with van der Waals surface area (Å²) in [5.74, 6) is -0.107. The van der Waals surface area contributed by atoms with E-state index in [-0.39, 0.29) is 18.4 Å². The van der Waals surface area contributed by atoms with Crippen LogP contribution in [0.4, 0.5) is 9.93 Å². The summed E-state index contributed by atoms with van der Waals surface area (Å²) in [6, 6.07) is 7.91. The SMILES string of the molecule is CC(C)(C)OC(=O)N1CCc2nc(NC(=O)Cc3c[nH]c4ccccc34)sc2C1. The Hall–Kier alpha value is -2.87. The van der Waals surface area contributed by atoms with Gasteiger partial charge in [0.1, 0.15) is 5.60 Å². The first-order chi connectivity index (χ1) is 13.8. The van der Waals surface area contributed by atoms with Gasteiger partial charge in [0.05, 0.1) is 18.7 Å². The Morgan fingerprint density at radius 1 is 1.31 bits per heavy atom. The van der Waals surface area contributed by atoms with Crippen molar-refractivity contribution < 1.29 is 14.3 Å². The molecule has 2 N–H and O–H groups in total. The number of carbonyl (C=O) groups is 2. The number of rotatable bonds is 3. The van der Waals surface area contributed by atoms with Crippen molar-refractivity contribution in [2.24, 2.45) is 0 Å². The fraction of sp³-hybridized carbons (Fsp3) is 0.381. The van der Waals surface area contributed by atoms with E-state index in [1.165, 1.54) is 11.3 Å². The standard InChI is InChI=1S/C21H24N4O3S/c1-21(2,3)28-20(27)25-9-8-16-17(12-25)29-19(23-16)24-18(26)10-13-11-22-15-7-5-4-6-14(13)15/h4-7,11,22H,8-10,12H2,1-3H3,(H,23,24,26). The molecule has 4 rings (SSSR count). The summed E-state index contributed by atoms with van der Waals surface area (Å²) >= 11 is 1.42. The van der Waals surface area contributed by atoms with Crippen molar-refractivity contribution in [1.82, 2.24) is 14.9 Å². The summed E-state index contributed by atoms with van der Waals surface area (Å²) in [6.07, 6.45) is 2.49. The van der Waals surface area contributed by atoms with Gasteiger partial charge < -0.3 is 19.9 Å². The minimum absolute atomic E-state index is 0.107. The number of aromatic amines is 1. The molecule has 1 aliphatic heterocycles. The fourth-order valence-electron chi connectivity index (χ4n) is 3.35. The molecule has 1 aromatic carbocycles. The minimum atomic E-state index is -0.521. The number of hydrogen-bond acceptors (Lipinski definition) is 5. The summed E-state index contributed by atoms with van der Waals surface area (Å²) in [7, 11) is 0. The summed E-state index contributed by atoms with van der Waals surface area (Å²) < 4.78 is 5.46. The Labute approximate surface area is 173 Å². The largest absolute Gasteiger partial charge is 0.444 e. The molecule has 8 heteroatoms. The lowest BCUT2D eigenvalue weighted by molar-refractivity contribution is -0.115. The van der Waals surface area contributed by atoms with Crippen molar-refractivity contribution >= 4 is 39.4 Å². The van der Waals surface area contributed by atoms with E-state index in [9.17, 15) is 9.59 Å². The van der Waals surface area contributed by atoms with E-state index in [4.69, 9.17) is 4.74 Å². The molecule has 0 saturated heterocycles. The van der Waals surface area contributed by atoms with Crippen LogP contribution in [-0.2, 0) is 28.9 Å². The van der Waals surface area contributed by atoms with Crippen LogP contribution in [0, 0.1) is 0 Å². The number of ether oxygens (including phenoxy) is 1. The predicted molar refractivity (Wildman–Crippen MR) is 113 cm³/mol. The average Bonchev–Trinajstić information content (AvgIpc) is 3.23. The Bertz CT molecular complexity index is 1060. The normalized spacial score (nSPS) is 14.0. The van der Waals surface area contributed by atoms with Gasteiger partial charge in [-0.05, 0) is 32.4 Å². The molecule has 2 amide bonds. The topological polar surface area (TPSA) is 87.3 Å². The van der Waals surface area contributed by atoms with Crippen LogP contribution in [0.3, 0.4) is 0 Å². The predicted octanol–water partition coefficient (Wildman–Crippen LogP) is 4.10. The van der Waals surface area contributed by atoms with Crippen LogP contribution in [-0.4, -0.2) is 39.0 Å². The summed E-state index contributed by atoms with van der Waals surface area (Å²) in [6.45, 7) is 6.59. The molecule has 0 aliphatic carbocycles. The summed E-state index contributed by atoms with van der Waals surface area (Å²) in [4.78, 5) is 35.2. The van der Waals surface area contributed by atoms with E-state index >= 15 is 0 Å². The molecule has 0 saturated carbocycles. The first-order valence-corrected chi connectivity index (χ1v) is 10.4.